The summed E-state index contributed by atoms with van der Waals surface area (Å²) in [6.45, 7) is 1.42. The lowest BCUT2D eigenvalue weighted by Gasteiger charge is -2.18. The molecule has 0 radical (unpaired) electrons. The number of anilines is 1. The van der Waals surface area contributed by atoms with Crippen molar-refractivity contribution in [1.29, 1.82) is 0 Å². The predicted octanol–water partition coefficient (Wildman–Crippen LogP) is 3.47. The molecule has 4 rings (SSSR count). The molecule has 0 saturated carbocycles. The van der Waals surface area contributed by atoms with Gasteiger partial charge in [0.1, 0.15) is 0 Å². The Balaban J connectivity index is 1.70. The van der Waals surface area contributed by atoms with E-state index in [1.165, 1.54) is 49.4 Å². The number of carbonyl (C=O) groups is 3. The predicted molar refractivity (Wildman–Crippen MR) is 107 cm³/mol. The molecule has 3 aromatic rings. The number of Topliss-reactive ketones (excluding diaryl/α,β-unsaturated/α-hetero) is 1. The van der Waals surface area contributed by atoms with E-state index in [9.17, 15) is 22.8 Å². The van der Waals surface area contributed by atoms with Gasteiger partial charge in [0.15, 0.2) is 17.3 Å². The molecule has 0 amide bonds. The Labute approximate surface area is 167 Å². The summed E-state index contributed by atoms with van der Waals surface area (Å²) in [7, 11) is -4.00. The summed E-state index contributed by atoms with van der Waals surface area (Å²) in [5.74, 6) is -0.831. The van der Waals surface area contributed by atoms with E-state index in [-0.39, 0.29) is 38.8 Å². The van der Waals surface area contributed by atoms with E-state index in [1.807, 2.05) is 0 Å². The highest BCUT2D eigenvalue weighted by molar-refractivity contribution is 7.92. The van der Waals surface area contributed by atoms with Gasteiger partial charge in [0.2, 0.25) is 0 Å². The number of hydrogen-bond acceptors (Lipinski definition) is 5. The molecular formula is C22H15NO5S. The van der Waals surface area contributed by atoms with Crippen LogP contribution < -0.4 is 4.72 Å². The molecule has 3 aromatic carbocycles. The number of rotatable bonds is 4. The molecule has 0 atom stereocenters. The number of carbonyl (C=O) groups excluding carboxylic acids is 3. The first kappa shape index (κ1) is 18.8. The molecular weight excluding hydrogens is 390 g/mol. The lowest BCUT2D eigenvalue weighted by atomic mass is 9.84. The van der Waals surface area contributed by atoms with Crippen molar-refractivity contribution in [3.8, 4) is 0 Å². The van der Waals surface area contributed by atoms with Gasteiger partial charge in [0, 0.05) is 33.5 Å². The van der Waals surface area contributed by atoms with Gasteiger partial charge in [-0.2, -0.15) is 0 Å². The summed E-state index contributed by atoms with van der Waals surface area (Å²) < 4.78 is 27.9. The maximum absolute atomic E-state index is 12.8. The van der Waals surface area contributed by atoms with Crippen molar-refractivity contribution in [2.75, 3.05) is 4.72 Å². The van der Waals surface area contributed by atoms with E-state index in [2.05, 4.69) is 4.72 Å². The van der Waals surface area contributed by atoms with Crippen LogP contribution in [-0.2, 0) is 10.0 Å². The lowest BCUT2D eigenvalue weighted by Crippen LogP contribution is -2.22. The van der Waals surface area contributed by atoms with Gasteiger partial charge in [-0.25, -0.2) is 8.42 Å². The second-order valence-electron chi connectivity index (χ2n) is 6.65. The molecule has 0 fully saturated rings. The Kier molecular flexibility index (Phi) is 4.39. The molecule has 29 heavy (non-hydrogen) atoms. The molecule has 1 aliphatic carbocycles. The maximum Gasteiger partial charge on any atom is 0.261 e. The molecule has 0 spiro atoms. The van der Waals surface area contributed by atoms with Crippen LogP contribution in [0.3, 0.4) is 0 Å². The third kappa shape index (κ3) is 3.25. The summed E-state index contributed by atoms with van der Waals surface area (Å²) in [5.41, 5.74) is 1.54. The van der Waals surface area contributed by atoms with Crippen LogP contribution in [0.5, 0.6) is 0 Å². The number of nitrogens with one attached hydrogen (secondary N) is 1. The van der Waals surface area contributed by atoms with E-state index >= 15 is 0 Å². The first-order valence-electron chi connectivity index (χ1n) is 8.74. The summed E-state index contributed by atoms with van der Waals surface area (Å²) in [4.78, 5) is 36.7. The van der Waals surface area contributed by atoms with Gasteiger partial charge >= 0.3 is 0 Å². The van der Waals surface area contributed by atoms with Crippen LogP contribution in [0.15, 0.2) is 71.6 Å². The third-order valence-corrected chi connectivity index (χ3v) is 6.13. The van der Waals surface area contributed by atoms with Crippen LogP contribution in [-0.4, -0.2) is 25.8 Å². The zero-order chi connectivity index (χ0) is 20.8. The quantitative estimate of drug-likeness (QED) is 0.525. The standard InChI is InChI=1S/C22H15NO5S/c1-13(24)14-6-8-15(9-7-14)23-29(27,28)16-10-11-19-20(12-16)22(26)18-5-3-2-4-17(18)21(19)25/h2-12,23H,1H3. The first-order valence-corrected chi connectivity index (χ1v) is 10.2. The monoisotopic (exact) mass is 405 g/mol. The number of ketones is 3. The van der Waals surface area contributed by atoms with E-state index in [1.54, 1.807) is 24.3 Å². The zero-order valence-electron chi connectivity index (χ0n) is 15.3. The van der Waals surface area contributed by atoms with E-state index in [4.69, 9.17) is 0 Å². The molecule has 6 nitrogen and oxygen atoms in total. The summed E-state index contributed by atoms with van der Waals surface area (Å²) in [6, 6.07) is 16.3. The van der Waals surface area contributed by atoms with Crippen LogP contribution in [0.2, 0.25) is 0 Å². The highest BCUT2D eigenvalue weighted by Gasteiger charge is 2.30. The van der Waals surface area contributed by atoms with Crippen molar-refractivity contribution in [1.82, 2.24) is 0 Å². The highest BCUT2D eigenvalue weighted by atomic mass is 32.2. The van der Waals surface area contributed by atoms with Gasteiger partial charge in [0.05, 0.1) is 4.90 Å². The largest absolute Gasteiger partial charge is 0.295 e. The minimum atomic E-state index is -4.00. The molecule has 0 saturated heterocycles. The maximum atomic E-state index is 12.8. The van der Waals surface area contributed by atoms with E-state index < -0.39 is 15.8 Å². The smallest absolute Gasteiger partial charge is 0.261 e. The first-order chi connectivity index (χ1) is 13.8. The molecule has 144 valence electrons. The Bertz CT molecular complexity index is 1290. The lowest BCUT2D eigenvalue weighted by molar-refractivity contribution is 0.0979. The molecule has 0 aliphatic heterocycles. The van der Waals surface area contributed by atoms with Crippen LogP contribution in [0.1, 0.15) is 49.1 Å². The average Bonchev–Trinajstić information content (AvgIpc) is 2.71. The van der Waals surface area contributed by atoms with Gasteiger partial charge in [-0.1, -0.05) is 24.3 Å². The van der Waals surface area contributed by atoms with E-state index in [0.717, 1.165) is 0 Å². The molecule has 1 aliphatic rings. The Morgan fingerprint density at radius 2 is 1.31 bits per heavy atom. The number of fused-ring (bicyclic) bond motifs is 2. The molecule has 1 N–H and O–H groups in total. The van der Waals surface area contributed by atoms with Gasteiger partial charge in [-0.05, 0) is 49.4 Å². The van der Waals surface area contributed by atoms with Crippen molar-refractivity contribution < 1.29 is 22.8 Å². The molecule has 0 aromatic heterocycles. The normalized spacial score (nSPS) is 12.9. The fourth-order valence-electron chi connectivity index (χ4n) is 3.23. The van der Waals surface area contributed by atoms with Gasteiger partial charge in [-0.15, -0.1) is 0 Å². The minimum Gasteiger partial charge on any atom is -0.295 e. The van der Waals surface area contributed by atoms with Crippen LogP contribution in [0, 0.1) is 0 Å². The van der Waals surface area contributed by atoms with Crippen LogP contribution in [0.25, 0.3) is 0 Å². The highest BCUT2D eigenvalue weighted by Crippen LogP contribution is 2.29. The van der Waals surface area contributed by atoms with Crippen LogP contribution >= 0.6 is 0 Å². The number of hydrogen-bond donors (Lipinski definition) is 1. The molecule has 7 heteroatoms. The van der Waals surface area contributed by atoms with Crippen molar-refractivity contribution in [2.45, 2.75) is 11.8 Å². The Hall–Kier alpha value is -3.58. The van der Waals surface area contributed by atoms with Gasteiger partial charge in [-0.3, -0.25) is 19.1 Å². The summed E-state index contributed by atoms with van der Waals surface area (Å²) in [6.07, 6.45) is 0. The van der Waals surface area contributed by atoms with E-state index in [0.29, 0.717) is 11.1 Å². The second-order valence-corrected chi connectivity index (χ2v) is 8.33. The topological polar surface area (TPSA) is 97.4 Å². The SMILES string of the molecule is CC(=O)c1ccc(NS(=O)(=O)c2ccc3c(c2)C(=O)c2ccccc2C3=O)cc1. The number of sulfonamides is 1. The second kappa shape index (κ2) is 6.79. The molecule has 0 unspecified atom stereocenters. The fourth-order valence-corrected chi connectivity index (χ4v) is 4.32. The minimum absolute atomic E-state index is 0.0588. The van der Waals surface area contributed by atoms with Gasteiger partial charge in [0.25, 0.3) is 10.0 Å². The Morgan fingerprint density at radius 1 is 0.759 bits per heavy atom. The van der Waals surface area contributed by atoms with Crippen molar-refractivity contribution >= 4 is 33.1 Å². The van der Waals surface area contributed by atoms with Crippen LogP contribution in [0.4, 0.5) is 5.69 Å². The zero-order valence-corrected chi connectivity index (χ0v) is 16.1. The Morgan fingerprint density at radius 3 is 1.90 bits per heavy atom. The molecule has 0 heterocycles. The number of benzene rings is 3. The third-order valence-electron chi connectivity index (χ3n) is 4.75. The fraction of sp³-hybridized carbons (Fsp3) is 0.0455. The van der Waals surface area contributed by atoms with Crippen molar-refractivity contribution in [3.63, 3.8) is 0 Å². The molecule has 0 bridgehead atoms. The van der Waals surface area contributed by atoms with Gasteiger partial charge < -0.3 is 0 Å². The van der Waals surface area contributed by atoms with Crippen molar-refractivity contribution in [3.05, 3.63) is 94.5 Å². The van der Waals surface area contributed by atoms with Crippen molar-refractivity contribution in [2.24, 2.45) is 0 Å². The average molecular weight is 405 g/mol. The summed E-state index contributed by atoms with van der Waals surface area (Å²) >= 11 is 0. The summed E-state index contributed by atoms with van der Waals surface area (Å²) in [5, 5.41) is 0.